The van der Waals surface area contributed by atoms with Crippen molar-refractivity contribution in [1.82, 2.24) is 10.2 Å². The van der Waals surface area contributed by atoms with Crippen LogP contribution in [-0.2, 0) is 4.79 Å². The molecule has 23 heavy (non-hydrogen) atoms. The summed E-state index contributed by atoms with van der Waals surface area (Å²) in [6.07, 6.45) is 2.37. The van der Waals surface area contributed by atoms with Crippen molar-refractivity contribution in [2.24, 2.45) is 0 Å². The number of rotatable bonds is 3. The molecule has 128 valence electrons. The molecule has 1 amide bonds. The predicted octanol–water partition coefficient (Wildman–Crippen LogP) is 2.62. The van der Waals surface area contributed by atoms with Gasteiger partial charge >= 0.3 is 0 Å². The van der Waals surface area contributed by atoms with Crippen molar-refractivity contribution in [2.45, 2.75) is 36.7 Å². The highest BCUT2D eigenvalue weighted by molar-refractivity contribution is 7.99. The van der Waals surface area contributed by atoms with Gasteiger partial charge in [0.15, 0.2) is 0 Å². The zero-order valence-electron chi connectivity index (χ0n) is 13.8. The van der Waals surface area contributed by atoms with Crippen LogP contribution in [0.4, 0.5) is 5.69 Å². The molecule has 6 heteroatoms. The lowest BCUT2D eigenvalue weighted by Crippen LogP contribution is -2.54. The maximum atomic E-state index is 13.0. The molecule has 1 saturated heterocycles. The molecule has 0 spiro atoms. The number of thioether (sulfide) groups is 1. The third kappa shape index (κ3) is 4.02. The fourth-order valence-electron chi connectivity index (χ4n) is 3.37. The van der Waals surface area contributed by atoms with Crippen LogP contribution < -0.4 is 10.2 Å². The molecule has 2 aliphatic heterocycles. The first-order valence-electron chi connectivity index (χ1n) is 8.15. The third-order valence-corrected chi connectivity index (χ3v) is 5.80. The Morgan fingerprint density at radius 2 is 2.13 bits per heavy atom. The minimum atomic E-state index is -0.0488. The van der Waals surface area contributed by atoms with Crippen LogP contribution in [0.3, 0.4) is 0 Å². The van der Waals surface area contributed by atoms with Crippen LogP contribution in [0.25, 0.3) is 0 Å². The van der Waals surface area contributed by atoms with E-state index in [2.05, 4.69) is 29.3 Å². The number of likely N-dealkylation sites (tertiary alicyclic amines) is 1. The second kappa shape index (κ2) is 8.38. The normalized spacial score (nSPS) is 22.9. The summed E-state index contributed by atoms with van der Waals surface area (Å²) in [7, 11) is 2.01. The molecule has 0 saturated carbocycles. The van der Waals surface area contributed by atoms with Gasteiger partial charge in [0.2, 0.25) is 5.91 Å². The van der Waals surface area contributed by atoms with E-state index < -0.39 is 0 Å². The first-order chi connectivity index (χ1) is 10.7. The Balaban J connectivity index is 0.00000192. The fourth-order valence-corrected chi connectivity index (χ4v) is 4.37. The Labute approximate surface area is 149 Å². The molecule has 4 nitrogen and oxygen atoms in total. The Morgan fingerprint density at radius 1 is 1.35 bits per heavy atom. The molecule has 1 N–H and O–H groups in total. The summed E-state index contributed by atoms with van der Waals surface area (Å²) in [6.45, 7) is 4.86. The second-order valence-electron chi connectivity index (χ2n) is 6.10. The van der Waals surface area contributed by atoms with Crippen molar-refractivity contribution >= 4 is 35.8 Å². The van der Waals surface area contributed by atoms with Crippen molar-refractivity contribution in [2.75, 3.05) is 37.3 Å². The van der Waals surface area contributed by atoms with Crippen molar-refractivity contribution in [3.05, 3.63) is 24.3 Å². The maximum absolute atomic E-state index is 13.0. The summed E-state index contributed by atoms with van der Waals surface area (Å²) in [4.78, 5) is 18.5. The molecule has 1 aromatic rings. The van der Waals surface area contributed by atoms with Gasteiger partial charge in [-0.1, -0.05) is 12.1 Å². The number of nitrogens with zero attached hydrogens (tertiary/aromatic N) is 2. The Morgan fingerprint density at radius 3 is 2.91 bits per heavy atom. The van der Waals surface area contributed by atoms with Crippen molar-refractivity contribution < 1.29 is 4.79 Å². The van der Waals surface area contributed by atoms with E-state index in [1.54, 1.807) is 0 Å². The van der Waals surface area contributed by atoms with Crippen LogP contribution in [0.1, 0.15) is 19.8 Å². The van der Waals surface area contributed by atoms with E-state index in [9.17, 15) is 4.79 Å². The van der Waals surface area contributed by atoms with E-state index in [-0.39, 0.29) is 24.4 Å². The number of amides is 1. The second-order valence-corrected chi connectivity index (χ2v) is 7.24. The average molecular weight is 356 g/mol. The van der Waals surface area contributed by atoms with E-state index in [0.29, 0.717) is 6.04 Å². The molecule has 1 fully saturated rings. The molecule has 0 aliphatic carbocycles. The smallest absolute Gasteiger partial charge is 0.244 e. The van der Waals surface area contributed by atoms with Gasteiger partial charge in [0, 0.05) is 29.8 Å². The first kappa shape index (κ1) is 18.6. The van der Waals surface area contributed by atoms with E-state index in [0.717, 1.165) is 37.5 Å². The number of halogens is 1. The Hall–Kier alpha value is -0.750. The van der Waals surface area contributed by atoms with Crippen molar-refractivity contribution in [3.63, 3.8) is 0 Å². The third-order valence-electron chi connectivity index (χ3n) is 4.76. The summed E-state index contributed by atoms with van der Waals surface area (Å²) >= 11 is 1.84. The first-order valence-corrected chi connectivity index (χ1v) is 9.14. The summed E-state index contributed by atoms with van der Waals surface area (Å²) < 4.78 is 0. The number of fused-ring (bicyclic) bond motifs is 1. The summed E-state index contributed by atoms with van der Waals surface area (Å²) in [5, 5.41) is 3.35. The number of hydrogen-bond donors (Lipinski definition) is 1. The zero-order valence-corrected chi connectivity index (χ0v) is 15.5. The van der Waals surface area contributed by atoms with Crippen LogP contribution in [0.15, 0.2) is 29.2 Å². The van der Waals surface area contributed by atoms with Crippen LogP contribution in [-0.4, -0.2) is 55.3 Å². The minimum Gasteiger partial charge on any atom is -0.316 e. The van der Waals surface area contributed by atoms with Crippen LogP contribution in [0.5, 0.6) is 0 Å². The summed E-state index contributed by atoms with van der Waals surface area (Å²) in [5.74, 6) is 1.22. The number of para-hydroxylation sites is 1. The van der Waals surface area contributed by atoms with E-state index >= 15 is 0 Å². The van der Waals surface area contributed by atoms with Gasteiger partial charge in [-0.25, -0.2) is 0 Å². The van der Waals surface area contributed by atoms with Gasteiger partial charge in [0.25, 0.3) is 0 Å². The number of nitrogens with one attached hydrogen (secondary N) is 1. The van der Waals surface area contributed by atoms with E-state index in [4.69, 9.17) is 0 Å². The van der Waals surface area contributed by atoms with Gasteiger partial charge in [-0.15, -0.1) is 24.2 Å². The predicted molar refractivity (Wildman–Crippen MR) is 99.9 cm³/mol. The lowest BCUT2D eigenvalue weighted by molar-refractivity contribution is -0.123. The summed E-state index contributed by atoms with van der Waals surface area (Å²) in [5.41, 5.74) is 1.08. The van der Waals surface area contributed by atoms with Gasteiger partial charge in [0.05, 0.1) is 11.7 Å². The summed E-state index contributed by atoms with van der Waals surface area (Å²) in [6, 6.07) is 8.71. The van der Waals surface area contributed by atoms with Gasteiger partial charge in [-0.05, 0) is 45.5 Å². The monoisotopic (exact) mass is 355 g/mol. The Bertz CT molecular complexity index is 542. The maximum Gasteiger partial charge on any atom is 0.244 e. The molecule has 1 aromatic carbocycles. The van der Waals surface area contributed by atoms with Crippen LogP contribution >= 0.6 is 24.2 Å². The molecule has 0 bridgehead atoms. The fraction of sp³-hybridized carbons (Fsp3) is 0.588. The van der Waals surface area contributed by atoms with E-state index in [1.165, 1.54) is 11.3 Å². The highest BCUT2D eigenvalue weighted by Crippen LogP contribution is 2.35. The molecule has 3 rings (SSSR count). The standard InChI is InChI=1S/C17H25N3OS.ClH/c1-13(19-9-5-6-14(12-19)18-2)17(21)20-10-11-22-16-8-4-3-7-15(16)20;/h3-4,7-8,13-14,18H,5-6,9-12H2,1-2H3;1H. The number of hydrogen-bond acceptors (Lipinski definition) is 4. The quantitative estimate of drug-likeness (QED) is 0.904. The molecule has 2 atom stereocenters. The number of carbonyl (C=O) groups excluding carboxylic acids is 1. The number of anilines is 1. The number of likely N-dealkylation sites (N-methyl/N-ethyl adjacent to an activating group) is 1. The van der Waals surface area contributed by atoms with Crippen LogP contribution in [0.2, 0.25) is 0 Å². The molecule has 0 aromatic heterocycles. The van der Waals surface area contributed by atoms with Gasteiger partial charge in [-0.3, -0.25) is 9.69 Å². The average Bonchev–Trinajstić information content (AvgIpc) is 2.60. The van der Waals surface area contributed by atoms with Crippen molar-refractivity contribution in [3.8, 4) is 0 Å². The lowest BCUT2D eigenvalue weighted by Gasteiger charge is -2.39. The highest BCUT2D eigenvalue weighted by atomic mass is 35.5. The highest BCUT2D eigenvalue weighted by Gasteiger charge is 2.32. The van der Waals surface area contributed by atoms with E-state index in [1.807, 2.05) is 35.8 Å². The zero-order chi connectivity index (χ0) is 15.5. The SMILES string of the molecule is CNC1CCCN(C(C)C(=O)N2CCSc3ccccc32)C1.Cl. The Kier molecular flexibility index (Phi) is 6.77. The minimum absolute atomic E-state index is 0. The molecular weight excluding hydrogens is 330 g/mol. The molecule has 2 heterocycles. The number of piperidine rings is 1. The van der Waals surface area contributed by atoms with Gasteiger partial charge in [-0.2, -0.15) is 0 Å². The molecule has 0 radical (unpaired) electrons. The molecular formula is C17H26ClN3OS. The lowest BCUT2D eigenvalue weighted by atomic mass is 10.0. The number of carbonyl (C=O) groups is 1. The van der Waals surface area contributed by atoms with Gasteiger partial charge < -0.3 is 10.2 Å². The van der Waals surface area contributed by atoms with Crippen molar-refractivity contribution in [1.29, 1.82) is 0 Å². The van der Waals surface area contributed by atoms with Gasteiger partial charge in [0.1, 0.15) is 0 Å². The number of benzene rings is 1. The molecule has 2 aliphatic rings. The largest absolute Gasteiger partial charge is 0.316 e. The topological polar surface area (TPSA) is 35.6 Å². The molecule has 2 unspecified atom stereocenters. The van der Waals surface area contributed by atoms with Crippen LogP contribution in [0, 0.1) is 0 Å².